The van der Waals surface area contributed by atoms with Crippen LogP contribution in [0.25, 0.3) is 0 Å². The van der Waals surface area contributed by atoms with Crippen LogP contribution in [0.3, 0.4) is 0 Å². The predicted octanol–water partition coefficient (Wildman–Crippen LogP) is 2.77. The van der Waals surface area contributed by atoms with Crippen molar-refractivity contribution in [2.45, 2.75) is 52.5 Å². The van der Waals surface area contributed by atoms with Crippen molar-refractivity contribution in [3.8, 4) is 0 Å². The Morgan fingerprint density at radius 2 is 1.77 bits per heavy atom. The van der Waals surface area contributed by atoms with Crippen LogP contribution in [0.15, 0.2) is 46.8 Å². The molecule has 0 spiro atoms. The first kappa shape index (κ1) is 25.9. The zero-order valence-corrected chi connectivity index (χ0v) is 20.7. The van der Waals surface area contributed by atoms with Crippen LogP contribution in [0.1, 0.15) is 52.0 Å². The summed E-state index contributed by atoms with van der Waals surface area (Å²) >= 11 is 0. The monoisotopic (exact) mass is 484 g/mol. The molecule has 2 amide bonds. The van der Waals surface area contributed by atoms with Crippen molar-refractivity contribution in [3.63, 3.8) is 0 Å². The van der Waals surface area contributed by atoms with Gasteiger partial charge in [0.05, 0.1) is 23.5 Å². The summed E-state index contributed by atoms with van der Waals surface area (Å²) in [6, 6.07) is 5.09. The Kier molecular flexibility index (Phi) is 7.93. The number of benzene rings is 1. The fraction of sp³-hybridized carbons (Fsp3) is 0.480. The lowest BCUT2D eigenvalue weighted by Crippen LogP contribution is -2.51. The molecule has 2 N–H and O–H groups in total. The van der Waals surface area contributed by atoms with Gasteiger partial charge in [-0.15, -0.1) is 0 Å². The summed E-state index contributed by atoms with van der Waals surface area (Å²) in [7, 11) is 1.24. The number of hydrogen-bond acceptors (Lipinski definition) is 7. The van der Waals surface area contributed by atoms with Gasteiger partial charge < -0.3 is 20.3 Å². The quantitative estimate of drug-likeness (QED) is 0.346. The fourth-order valence-corrected chi connectivity index (χ4v) is 4.69. The SMILES string of the molecule is COC(=O)C1=C(C)NC(C)=C(C(=O)N[C@H](C(=O)N2CCCC2)C(C)C)[C@@H]1c1cccc([N+](=O)[O-])c1. The Morgan fingerprint density at radius 3 is 2.34 bits per heavy atom. The number of rotatable bonds is 7. The van der Waals surface area contributed by atoms with Gasteiger partial charge in [-0.2, -0.15) is 0 Å². The van der Waals surface area contributed by atoms with E-state index < -0.39 is 28.8 Å². The number of likely N-dealkylation sites (tertiary alicyclic amines) is 1. The number of carbonyl (C=O) groups excluding carboxylic acids is 3. The summed E-state index contributed by atoms with van der Waals surface area (Å²) in [5.41, 5.74) is 1.59. The molecule has 2 aliphatic heterocycles. The van der Waals surface area contributed by atoms with Gasteiger partial charge in [0.15, 0.2) is 0 Å². The minimum Gasteiger partial charge on any atom is -0.466 e. The van der Waals surface area contributed by atoms with Gasteiger partial charge in [0.2, 0.25) is 5.91 Å². The van der Waals surface area contributed by atoms with Crippen LogP contribution in [0.4, 0.5) is 5.69 Å². The smallest absolute Gasteiger partial charge is 0.336 e. The highest BCUT2D eigenvalue weighted by atomic mass is 16.6. The molecule has 0 radical (unpaired) electrons. The van der Waals surface area contributed by atoms with Crippen molar-refractivity contribution in [2.75, 3.05) is 20.2 Å². The molecule has 35 heavy (non-hydrogen) atoms. The summed E-state index contributed by atoms with van der Waals surface area (Å²) in [6.07, 6.45) is 1.86. The van der Waals surface area contributed by atoms with E-state index in [9.17, 15) is 24.5 Å². The average Bonchev–Trinajstić information content (AvgIpc) is 3.36. The number of nitro groups is 1. The standard InChI is InChI=1S/C25H32N4O6/c1-14(2)22(24(31)28-11-6-7-12-28)27-23(30)19-15(3)26-16(4)20(25(32)35-5)21(19)17-9-8-10-18(13-17)29(33)34/h8-10,13-14,21-22,26H,6-7,11-12H2,1-5H3,(H,27,30)/t21-,22-/m0/s1. The number of non-ortho nitro benzene ring substituents is 1. The topological polar surface area (TPSA) is 131 Å². The number of hydrogen-bond donors (Lipinski definition) is 2. The van der Waals surface area contributed by atoms with E-state index in [1.54, 1.807) is 24.8 Å². The van der Waals surface area contributed by atoms with Crippen molar-refractivity contribution < 1.29 is 24.0 Å². The molecule has 0 aromatic heterocycles. The Morgan fingerprint density at radius 1 is 1.14 bits per heavy atom. The van der Waals surface area contributed by atoms with E-state index in [-0.39, 0.29) is 28.7 Å². The molecule has 10 nitrogen and oxygen atoms in total. The average molecular weight is 485 g/mol. The van der Waals surface area contributed by atoms with Crippen molar-refractivity contribution in [1.82, 2.24) is 15.5 Å². The van der Waals surface area contributed by atoms with Gasteiger partial charge in [0.1, 0.15) is 6.04 Å². The molecule has 1 aromatic carbocycles. The molecule has 0 bridgehead atoms. The first-order valence-electron chi connectivity index (χ1n) is 11.7. The summed E-state index contributed by atoms with van der Waals surface area (Å²) in [6.45, 7) is 8.42. The first-order valence-corrected chi connectivity index (χ1v) is 11.7. The molecule has 1 saturated heterocycles. The maximum Gasteiger partial charge on any atom is 0.336 e. The number of dihydropyridines is 1. The third-order valence-corrected chi connectivity index (χ3v) is 6.46. The van der Waals surface area contributed by atoms with Crippen LogP contribution >= 0.6 is 0 Å². The van der Waals surface area contributed by atoms with E-state index in [0.29, 0.717) is 30.0 Å². The fourth-order valence-electron chi connectivity index (χ4n) is 4.69. The molecule has 0 saturated carbocycles. The zero-order chi connectivity index (χ0) is 25.9. The third-order valence-electron chi connectivity index (χ3n) is 6.46. The van der Waals surface area contributed by atoms with Crippen LogP contribution in [-0.2, 0) is 19.1 Å². The molecule has 1 fully saturated rings. The lowest BCUT2D eigenvalue weighted by molar-refractivity contribution is -0.384. The number of carbonyl (C=O) groups is 3. The molecule has 2 heterocycles. The number of ether oxygens (including phenoxy) is 1. The summed E-state index contributed by atoms with van der Waals surface area (Å²) in [5.74, 6) is -2.40. The zero-order valence-electron chi connectivity index (χ0n) is 20.7. The second-order valence-corrected chi connectivity index (χ2v) is 9.21. The highest BCUT2D eigenvalue weighted by Gasteiger charge is 2.39. The van der Waals surface area contributed by atoms with E-state index in [1.165, 1.54) is 25.3 Å². The van der Waals surface area contributed by atoms with Crippen LogP contribution in [-0.4, -0.2) is 53.8 Å². The molecule has 0 unspecified atom stereocenters. The third kappa shape index (κ3) is 5.36. The number of esters is 1. The van der Waals surface area contributed by atoms with Gasteiger partial charge in [-0.1, -0.05) is 26.0 Å². The molecule has 0 aliphatic carbocycles. The molecule has 1 aromatic rings. The number of nitro benzene ring substituents is 1. The minimum atomic E-state index is -0.918. The van der Waals surface area contributed by atoms with Gasteiger partial charge in [-0.05, 0) is 38.2 Å². The van der Waals surface area contributed by atoms with Crippen molar-refractivity contribution >= 4 is 23.5 Å². The Balaban J connectivity index is 2.06. The Bertz CT molecular complexity index is 1100. The van der Waals surface area contributed by atoms with E-state index in [2.05, 4.69) is 10.6 Å². The van der Waals surface area contributed by atoms with Crippen LogP contribution in [0.5, 0.6) is 0 Å². The van der Waals surface area contributed by atoms with Gasteiger partial charge in [0.25, 0.3) is 11.6 Å². The van der Waals surface area contributed by atoms with Crippen molar-refractivity contribution in [3.05, 3.63) is 62.5 Å². The van der Waals surface area contributed by atoms with Gasteiger partial charge in [-0.25, -0.2) is 4.79 Å². The maximum absolute atomic E-state index is 13.7. The van der Waals surface area contributed by atoms with Gasteiger partial charge in [0, 0.05) is 42.2 Å². The molecule has 10 heteroatoms. The highest BCUT2D eigenvalue weighted by Crippen LogP contribution is 2.39. The summed E-state index contributed by atoms with van der Waals surface area (Å²) in [5, 5.41) is 17.4. The Labute approximate surface area is 204 Å². The Hall–Kier alpha value is -3.69. The summed E-state index contributed by atoms with van der Waals surface area (Å²) < 4.78 is 4.99. The molecular formula is C25H32N4O6. The molecule has 2 atom stereocenters. The van der Waals surface area contributed by atoms with Crippen LogP contribution in [0.2, 0.25) is 0 Å². The summed E-state index contributed by atoms with van der Waals surface area (Å²) in [4.78, 5) is 52.3. The maximum atomic E-state index is 13.7. The number of nitrogens with one attached hydrogen (secondary N) is 2. The van der Waals surface area contributed by atoms with Crippen molar-refractivity contribution in [1.29, 1.82) is 0 Å². The second-order valence-electron chi connectivity index (χ2n) is 9.21. The van der Waals surface area contributed by atoms with E-state index in [1.807, 2.05) is 13.8 Å². The normalized spacial score (nSPS) is 18.9. The lowest BCUT2D eigenvalue weighted by Gasteiger charge is -2.32. The van der Waals surface area contributed by atoms with Crippen LogP contribution in [0, 0.1) is 16.0 Å². The molecule has 2 aliphatic rings. The second kappa shape index (κ2) is 10.7. The molecular weight excluding hydrogens is 452 g/mol. The lowest BCUT2D eigenvalue weighted by atomic mass is 9.79. The molecule has 3 rings (SSSR count). The molecule has 188 valence electrons. The van der Waals surface area contributed by atoms with E-state index >= 15 is 0 Å². The van der Waals surface area contributed by atoms with Gasteiger partial charge in [-0.3, -0.25) is 19.7 Å². The van der Waals surface area contributed by atoms with Crippen LogP contribution < -0.4 is 10.6 Å². The van der Waals surface area contributed by atoms with Gasteiger partial charge >= 0.3 is 5.97 Å². The predicted molar refractivity (Wildman–Crippen MR) is 129 cm³/mol. The van der Waals surface area contributed by atoms with E-state index in [4.69, 9.17) is 4.74 Å². The largest absolute Gasteiger partial charge is 0.466 e. The number of amides is 2. The van der Waals surface area contributed by atoms with Crippen molar-refractivity contribution in [2.24, 2.45) is 5.92 Å². The first-order chi connectivity index (χ1) is 16.6. The minimum absolute atomic E-state index is 0.139. The number of nitrogens with zero attached hydrogens (tertiary/aromatic N) is 2. The number of allylic oxidation sites excluding steroid dienone is 2. The number of methoxy groups -OCH3 is 1. The highest BCUT2D eigenvalue weighted by molar-refractivity contribution is 6.03. The van der Waals surface area contributed by atoms with E-state index in [0.717, 1.165) is 12.8 Å².